The van der Waals surface area contributed by atoms with Crippen LogP contribution in [0.5, 0.6) is 0 Å². The summed E-state index contributed by atoms with van der Waals surface area (Å²) in [6.45, 7) is 0.539. The summed E-state index contributed by atoms with van der Waals surface area (Å²) in [5, 5.41) is 11.4. The molecule has 0 aliphatic heterocycles. The zero-order valence-electron chi connectivity index (χ0n) is 11.0. The first-order valence-corrected chi connectivity index (χ1v) is 7.16. The van der Waals surface area contributed by atoms with E-state index in [0.29, 0.717) is 6.54 Å². The van der Waals surface area contributed by atoms with E-state index >= 15 is 0 Å². The Morgan fingerprint density at radius 1 is 1.05 bits per heavy atom. The standard InChI is InChI=1S/C15H12BrFN4/c16-15-6-1-12(17)9-11(15)10-18-13-2-4-14(5-3-13)21-19-7-8-20-21/h1-9,18H,10H2. The van der Waals surface area contributed by atoms with Gasteiger partial charge in [0.05, 0.1) is 18.1 Å². The number of anilines is 1. The molecule has 6 heteroatoms. The second-order valence-corrected chi connectivity index (χ2v) is 5.31. The van der Waals surface area contributed by atoms with Crippen LogP contribution in [0.3, 0.4) is 0 Å². The van der Waals surface area contributed by atoms with Crippen molar-refractivity contribution in [2.45, 2.75) is 6.54 Å². The molecule has 0 amide bonds. The summed E-state index contributed by atoms with van der Waals surface area (Å²) in [5.74, 6) is -0.241. The topological polar surface area (TPSA) is 42.7 Å². The Balaban J connectivity index is 1.70. The number of aromatic nitrogens is 3. The van der Waals surface area contributed by atoms with Crippen LogP contribution in [-0.4, -0.2) is 15.0 Å². The lowest BCUT2D eigenvalue weighted by Crippen LogP contribution is -2.02. The summed E-state index contributed by atoms with van der Waals surface area (Å²) in [5.41, 5.74) is 2.70. The van der Waals surface area contributed by atoms with Gasteiger partial charge in [-0.3, -0.25) is 0 Å². The number of benzene rings is 2. The van der Waals surface area contributed by atoms with E-state index in [1.165, 1.54) is 12.1 Å². The molecule has 1 aromatic heterocycles. The highest BCUT2D eigenvalue weighted by Crippen LogP contribution is 2.20. The van der Waals surface area contributed by atoms with Crippen LogP contribution < -0.4 is 5.32 Å². The molecule has 0 aliphatic carbocycles. The Labute approximate surface area is 129 Å². The second kappa shape index (κ2) is 6.05. The van der Waals surface area contributed by atoms with Crippen molar-refractivity contribution >= 4 is 21.6 Å². The van der Waals surface area contributed by atoms with Gasteiger partial charge in [0.1, 0.15) is 5.82 Å². The van der Waals surface area contributed by atoms with E-state index in [1.807, 2.05) is 24.3 Å². The van der Waals surface area contributed by atoms with Gasteiger partial charge in [0.25, 0.3) is 0 Å². The van der Waals surface area contributed by atoms with Crippen molar-refractivity contribution < 1.29 is 4.39 Å². The molecule has 0 radical (unpaired) electrons. The van der Waals surface area contributed by atoms with Crippen molar-refractivity contribution in [1.29, 1.82) is 0 Å². The van der Waals surface area contributed by atoms with E-state index in [9.17, 15) is 4.39 Å². The lowest BCUT2D eigenvalue weighted by atomic mass is 10.2. The maximum Gasteiger partial charge on any atom is 0.123 e. The van der Waals surface area contributed by atoms with Crippen LogP contribution in [0.15, 0.2) is 59.3 Å². The molecule has 0 atom stereocenters. The first-order chi connectivity index (χ1) is 10.2. The zero-order chi connectivity index (χ0) is 14.7. The molecule has 0 fully saturated rings. The van der Waals surface area contributed by atoms with Gasteiger partial charge in [-0.25, -0.2) is 4.39 Å². The largest absolute Gasteiger partial charge is 0.381 e. The van der Waals surface area contributed by atoms with Gasteiger partial charge in [-0.2, -0.15) is 15.0 Å². The van der Waals surface area contributed by atoms with Crippen molar-refractivity contribution in [1.82, 2.24) is 15.0 Å². The van der Waals surface area contributed by atoms with E-state index in [1.54, 1.807) is 23.3 Å². The molecule has 2 aromatic carbocycles. The van der Waals surface area contributed by atoms with Gasteiger partial charge >= 0.3 is 0 Å². The quantitative estimate of drug-likeness (QED) is 0.781. The minimum Gasteiger partial charge on any atom is -0.381 e. The van der Waals surface area contributed by atoms with Gasteiger partial charge in [-0.05, 0) is 48.0 Å². The zero-order valence-corrected chi connectivity index (χ0v) is 12.6. The van der Waals surface area contributed by atoms with Gasteiger partial charge in [0, 0.05) is 16.7 Å². The number of hydrogen-bond donors (Lipinski definition) is 1. The van der Waals surface area contributed by atoms with E-state index in [4.69, 9.17) is 0 Å². The van der Waals surface area contributed by atoms with Crippen LogP contribution in [0.25, 0.3) is 5.69 Å². The molecule has 3 aromatic rings. The Morgan fingerprint density at radius 2 is 1.76 bits per heavy atom. The lowest BCUT2D eigenvalue weighted by molar-refractivity contribution is 0.625. The third-order valence-corrected chi connectivity index (χ3v) is 3.78. The molecule has 0 spiro atoms. The van der Waals surface area contributed by atoms with Crippen molar-refractivity contribution in [3.63, 3.8) is 0 Å². The minimum atomic E-state index is -0.241. The van der Waals surface area contributed by atoms with Gasteiger partial charge in [-0.15, -0.1) is 0 Å². The molecule has 1 N–H and O–H groups in total. The van der Waals surface area contributed by atoms with E-state index in [0.717, 1.165) is 21.4 Å². The fourth-order valence-electron chi connectivity index (χ4n) is 1.94. The molecule has 0 aliphatic rings. The van der Waals surface area contributed by atoms with Crippen LogP contribution in [0.4, 0.5) is 10.1 Å². The summed E-state index contributed by atoms with van der Waals surface area (Å²) in [6, 6.07) is 12.4. The van der Waals surface area contributed by atoms with Gasteiger partial charge in [0.2, 0.25) is 0 Å². The molecule has 4 nitrogen and oxygen atoms in total. The normalized spacial score (nSPS) is 10.6. The number of nitrogens with zero attached hydrogens (tertiary/aromatic N) is 3. The first-order valence-electron chi connectivity index (χ1n) is 6.37. The van der Waals surface area contributed by atoms with Gasteiger partial charge < -0.3 is 5.32 Å². The SMILES string of the molecule is Fc1ccc(Br)c(CNc2ccc(-n3nccn3)cc2)c1. The fraction of sp³-hybridized carbons (Fsp3) is 0.0667. The Morgan fingerprint density at radius 3 is 2.48 bits per heavy atom. The average molecular weight is 347 g/mol. The average Bonchev–Trinajstić information content (AvgIpc) is 3.03. The number of hydrogen-bond acceptors (Lipinski definition) is 3. The molecular formula is C15H12BrFN4. The summed E-state index contributed by atoms with van der Waals surface area (Å²) in [7, 11) is 0. The molecule has 0 bridgehead atoms. The number of halogens is 2. The van der Waals surface area contributed by atoms with Crippen LogP contribution >= 0.6 is 15.9 Å². The number of rotatable bonds is 4. The Hall–Kier alpha value is -2.21. The highest BCUT2D eigenvalue weighted by atomic mass is 79.9. The van der Waals surface area contributed by atoms with Crippen LogP contribution in [0, 0.1) is 5.82 Å². The molecular weight excluding hydrogens is 335 g/mol. The van der Waals surface area contributed by atoms with Crippen molar-refractivity contribution in [2.75, 3.05) is 5.32 Å². The van der Waals surface area contributed by atoms with Gasteiger partial charge in [0.15, 0.2) is 0 Å². The fourth-order valence-corrected chi connectivity index (χ4v) is 2.32. The maximum absolute atomic E-state index is 13.2. The monoisotopic (exact) mass is 346 g/mol. The minimum absolute atomic E-state index is 0.241. The highest BCUT2D eigenvalue weighted by Gasteiger charge is 2.02. The lowest BCUT2D eigenvalue weighted by Gasteiger charge is -2.09. The second-order valence-electron chi connectivity index (χ2n) is 4.45. The van der Waals surface area contributed by atoms with E-state index in [2.05, 4.69) is 31.4 Å². The molecule has 0 saturated heterocycles. The summed E-state index contributed by atoms with van der Waals surface area (Å²) >= 11 is 3.42. The first kappa shape index (κ1) is 13.8. The molecule has 1 heterocycles. The predicted molar refractivity (Wildman–Crippen MR) is 82.8 cm³/mol. The molecule has 3 rings (SSSR count). The highest BCUT2D eigenvalue weighted by molar-refractivity contribution is 9.10. The van der Waals surface area contributed by atoms with Gasteiger partial charge in [-0.1, -0.05) is 15.9 Å². The Bertz CT molecular complexity index is 726. The van der Waals surface area contributed by atoms with Crippen LogP contribution in [-0.2, 0) is 6.54 Å². The molecule has 0 unspecified atom stereocenters. The van der Waals surface area contributed by atoms with Crippen LogP contribution in [0.1, 0.15) is 5.56 Å². The maximum atomic E-state index is 13.2. The van der Waals surface area contributed by atoms with Crippen LogP contribution in [0.2, 0.25) is 0 Å². The molecule has 21 heavy (non-hydrogen) atoms. The summed E-state index contributed by atoms with van der Waals surface area (Å²) in [4.78, 5) is 1.55. The van der Waals surface area contributed by atoms with Crippen molar-refractivity contribution in [3.05, 3.63) is 70.7 Å². The van der Waals surface area contributed by atoms with Crippen molar-refractivity contribution in [3.8, 4) is 5.69 Å². The third kappa shape index (κ3) is 3.28. The Kier molecular flexibility index (Phi) is 3.96. The molecule has 0 saturated carbocycles. The smallest absolute Gasteiger partial charge is 0.123 e. The predicted octanol–water partition coefficient (Wildman–Crippen LogP) is 3.78. The third-order valence-electron chi connectivity index (χ3n) is 3.01. The van der Waals surface area contributed by atoms with Crippen molar-refractivity contribution in [2.24, 2.45) is 0 Å². The molecule has 106 valence electrons. The van der Waals surface area contributed by atoms with E-state index in [-0.39, 0.29) is 5.82 Å². The van der Waals surface area contributed by atoms with E-state index < -0.39 is 0 Å². The number of nitrogens with one attached hydrogen (secondary N) is 1. The summed E-state index contributed by atoms with van der Waals surface area (Å²) in [6.07, 6.45) is 3.27. The summed E-state index contributed by atoms with van der Waals surface area (Å²) < 4.78 is 14.1.